The number of likely N-dealkylation sites (tertiary alicyclic amines) is 1. The lowest BCUT2D eigenvalue weighted by molar-refractivity contribution is -0.134. The molecule has 2 aliphatic heterocycles. The maximum Gasteiger partial charge on any atom is 0.243 e. The van der Waals surface area contributed by atoms with Crippen LogP contribution in [0.25, 0.3) is 0 Å². The van der Waals surface area contributed by atoms with Crippen LogP contribution in [0.3, 0.4) is 0 Å². The average Bonchev–Trinajstić information content (AvgIpc) is 2.67. The van der Waals surface area contributed by atoms with E-state index in [-0.39, 0.29) is 17.6 Å². The van der Waals surface area contributed by atoms with Crippen molar-refractivity contribution in [1.82, 2.24) is 15.1 Å². The van der Waals surface area contributed by atoms with Gasteiger partial charge < -0.3 is 9.80 Å². The zero-order valence-corrected chi connectivity index (χ0v) is 13.8. The van der Waals surface area contributed by atoms with Crippen molar-refractivity contribution < 1.29 is 4.79 Å². The van der Waals surface area contributed by atoms with Crippen LogP contribution in [0.2, 0.25) is 0 Å². The number of nitrogens with one attached hydrogen (secondary N) is 1. The minimum Gasteiger partial charge on any atom is -0.324 e. The van der Waals surface area contributed by atoms with Crippen LogP contribution in [0.5, 0.6) is 0 Å². The van der Waals surface area contributed by atoms with Gasteiger partial charge in [-0.05, 0) is 45.7 Å². The maximum atomic E-state index is 12.8. The van der Waals surface area contributed by atoms with Crippen molar-refractivity contribution in [3.63, 3.8) is 0 Å². The summed E-state index contributed by atoms with van der Waals surface area (Å²) in [5.74, 6) is 0.735. The van der Waals surface area contributed by atoms with E-state index >= 15 is 0 Å². The van der Waals surface area contributed by atoms with Gasteiger partial charge in [-0.3, -0.25) is 10.1 Å². The minimum atomic E-state index is -0.373. The second-order valence-corrected chi connectivity index (χ2v) is 7.11. The molecule has 4 nitrogen and oxygen atoms in total. The van der Waals surface area contributed by atoms with Gasteiger partial charge in [-0.25, -0.2) is 0 Å². The molecule has 0 aromatic rings. The first-order chi connectivity index (χ1) is 9.39. The van der Waals surface area contributed by atoms with Gasteiger partial charge in [0.05, 0.1) is 11.7 Å². The van der Waals surface area contributed by atoms with Crippen LogP contribution in [-0.2, 0) is 4.79 Å². The molecule has 0 saturated carbocycles. The summed E-state index contributed by atoms with van der Waals surface area (Å²) in [6, 6.07) is 0.523. The van der Waals surface area contributed by atoms with E-state index < -0.39 is 0 Å². The molecule has 0 spiro atoms. The van der Waals surface area contributed by atoms with E-state index in [1.165, 1.54) is 19.3 Å². The molecule has 1 amide bonds. The molecule has 0 aliphatic carbocycles. The first-order valence-corrected chi connectivity index (χ1v) is 8.18. The third-order valence-electron chi connectivity index (χ3n) is 5.20. The molecule has 0 bridgehead atoms. The van der Waals surface area contributed by atoms with Crippen LogP contribution in [-0.4, -0.2) is 53.6 Å². The van der Waals surface area contributed by atoms with E-state index in [4.69, 9.17) is 0 Å². The fraction of sp³-hybridized carbons (Fsp3) is 0.938. The maximum absolute atomic E-state index is 12.8. The third-order valence-corrected chi connectivity index (χ3v) is 5.20. The number of carbonyl (C=O) groups excluding carboxylic acids is 1. The Labute approximate surface area is 123 Å². The fourth-order valence-electron chi connectivity index (χ4n) is 3.49. The van der Waals surface area contributed by atoms with Crippen molar-refractivity contribution in [3.05, 3.63) is 0 Å². The summed E-state index contributed by atoms with van der Waals surface area (Å²) in [4.78, 5) is 17.3. The number of hydrogen-bond acceptors (Lipinski definition) is 3. The second kappa shape index (κ2) is 6.02. The quantitative estimate of drug-likeness (QED) is 0.857. The summed E-state index contributed by atoms with van der Waals surface area (Å²) in [5.41, 5.74) is -0.373. The van der Waals surface area contributed by atoms with Gasteiger partial charge in [0.15, 0.2) is 0 Å². The molecular weight excluding hydrogens is 250 g/mol. The van der Waals surface area contributed by atoms with Crippen molar-refractivity contribution in [1.29, 1.82) is 0 Å². The number of likely N-dealkylation sites (N-methyl/N-ethyl adjacent to an activating group) is 1. The molecule has 3 unspecified atom stereocenters. The molecule has 2 heterocycles. The highest BCUT2D eigenvalue weighted by atomic mass is 16.2. The van der Waals surface area contributed by atoms with Crippen LogP contribution >= 0.6 is 0 Å². The van der Waals surface area contributed by atoms with Gasteiger partial charge in [0.2, 0.25) is 5.91 Å². The van der Waals surface area contributed by atoms with Crippen molar-refractivity contribution >= 4 is 5.91 Å². The molecular formula is C16H31N3O. The monoisotopic (exact) mass is 281 g/mol. The third kappa shape index (κ3) is 2.86. The Balaban J connectivity index is 2.12. The second-order valence-electron chi connectivity index (χ2n) is 7.11. The first-order valence-electron chi connectivity index (χ1n) is 8.18. The molecule has 0 aromatic heterocycles. The molecule has 3 atom stereocenters. The van der Waals surface area contributed by atoms with E-state index in [2.05, 4.69) is 49.9 Å². The topological polar surface area (TPSA) is 35.6 Å². The van der Waals surface area contributed by atoms with E-state index in [0.29, 0.717) is 12.0 Å². The van der Waals surface area contributed by atoms with Gasteiger partial charge in [-0.1, -0.05) is 27.2 Å². The summed E-state index contributed by atoms with van der Waals surface area (Å²) in [7, 11) is 2.20. The van der Waals surface area contributed by atoms with Crippen molar-refractivity contribution in [2.75, 3.05) is 20.1 Å². The van der Waals surface area contributed by atoms with Crippen LogP contribution in [0, 0.1) is 5.92 Å². The minimum absolute atomic E-state index is 0.183. The highest BCUT2D eigenvalue weighted by Gasteiger charge is 2.48. The number of piperidine rings is 1. The van der Waals surface area contributed by atoms with E-state index in [1.807, 2.05) is 0 Å². The van der Waals surface area contributed by atoms with Crippen LogP contribution in [0.15, 0.2) is 0 Å². The Morgan fingerprint density at radius 2 is 2.10 bits per heavy atom. The van der Waals surface area contributed by atoms with Gasteiger partial charge in [0, 0.05) is 12.6 Å². The molecule has 4 heteroatoms. The summed E-state index contributed by atoms with van der Waals surface area (Å²) >= 11 is 0. The standard InChI is InChI=1S/C16H31N3O/c1-6-16(4)15(20)19(14(17-16)12(2)3)11-13-9-7-8-10-18(13)5/h12-14,17H,6-11H2,1-5H3. The molecule has 0 radical (unpaired) electrons. The van der Waals surface area contributed by atoms with Crippen LogP contribution in [0.1, 0.15) is 53.4 Å². The Morgan fingerprint density at radius 1 is 1.40 bits per heavy atom. The zero-order valence-electron chi connectivity index (χ0n) is 13.8. The molecule has 0 aromatic carbocycles. The predicted octanol–water partition coefficient (Wildman–Crippen LogP) is 2.05. The smallest absolute Gasteiger partial charge is 0.243 e. The molecule has 2 saturated heterocycles. The predicted molar refractivity (Wildman–Crippen MR) is 82.4 cm³/mol. The number of hydrogen-bond donors (Lipinski definition) is 1. The normalized spacial score (nSPS) is 36.1. The van der Waals surface area contributed by atoms with Gasteiger partial charge >= 0.3 is 0 Å². The van der Waals surface area contributed by atoms with Crippen molar-refractivity contribution in [2.24, 2.45) is 5.92 Å². The summed E-state index contributed by atoms with van der Waals surface area (Å²) < 4.78 is 0. The zero-order chi connectivity index (χ0) is 14.9. The number of carbonyl (C=O) groups is 1. The van der Waals surface area contributed by atoms with Gasteiger partial charge in [0.25, 0.3) is 0 Å². The highest BCUT2D eigenvalue weighted by Crippen LogP contribution is 2.28. The van der Waals surface area contributed by atoms with Gasteiger partial charge in [-0.15, -0.1) is 0 Å². The van der Waals surface area contributed by atoms with E-state index in [9.17, 15) is 4.79 Å². The highest BCUT2D eigenvalue weighted by molar-refractivity contribution is 5.88. The molecule has 2 rings (SSSR count). The lowest BCUT2D eigenvalue weighted by Gasteiger charge is -2.37. The Morgan fingerprint density at radius 3 is 2.65 bits per heavy atom. The van der Waals surface area contributed by atoms with Gasteiger partial charge in [0.1, 0.15) is 0 Å². The Hall–Kier alpha value is -0.610. The fourth-order valence-corrected chi connectivity index (χ4v) is 3.49. The van der Waals surface area contributed by atoms with Crippen LogP contribution < -0.4 is 5.32 Å². The van der Waals surface area contributed by atoms with Crippen molar-refractivity contribution in [2.45, 2.75) is 71.1 Å². The van der Waals surface area contributed by atoms with E-state index in [0.717, 1.165) is 19.5 Å². The van der Waals surface area contributed by atoms with Crippen molar-refractivity contribution in [3.8, 4) is 0 Å². The van der Waals surface area contributed by atoms with Gasteiger partial charge in [-0.2, -0.15) is 0 Å². The number of amides is 1. The summed E-state index contributed by atoms with van der Waals surface area (Å²) in [6.07, 6.45) is 4.84. The largest absolute Gasteiger partial charge is 0.324 e. The lowest BCUT2D eigenvalue weighted by atomic mass is 9.98. The lowest BCUT2D eigenvalue weighted by Crippen LogP contribution is -2.50. The average molecular weight is 281 g/mol. The molecule has 20 heavy (non-hydrogen) atoms. The molecule has 116 valence electrons. The number of nitrogens with zero attached hydrogens (tertiary/aromatic N) is 2. The van der Waals surface area contributed by atoms with E-state index in [1.54, 1.807) is 0 Å². The number of rotatable bonds is 4. The Bertz CT molecular complexity index is 358. The Kier molecular flexibility index (Phi) is 4.75. The SMILES string of the molecule is CCC1(C)NC(C(C)C)N(CC2CCCCN2C)C1=O. The van der Waals surface area contributed by atoms with Crippen LogP contribution in [0.4, 0.5) is 0 Å². The molecule has 1 N–H and O–H groups in total. The first kappa shape index (κ1) is 15.8. The molecule has 2 aliphatic rings. The molecule has 2 fully saturated rings. The summed E-state index contributed by atoms with van der Waals surface area (Å²) in [6.45, 7) is 10.6. The summed E-state index contributed by atoms with van der Waals surface area (Å²) in [5, 5.41) is 3.58.